The number of fused-ring (bicyclic) bond motifs is 2. The first-order valence-corrected chi connectivity index (χ1v) is 11.2. The molecule has 0 spiro atoms. The van der Waals surface area contributed by atoms with Crippen molar-refractivity contribution in [1.29, 1.82) is 0 Å². The van der Waals surface area contributed by atoms with Crippen molar-refractivity contribution in [3.8, 4) is 11.5 Å². The predicted octanol–water partition coefficient (Wildman–Crippen LogP) is 3.13. The highest BCUT2D eigenvalue weighted by Crippen LogP contribution is 2.28. The predicted molar refractivity (Wildman–Crippen MR) is 121 cm³/mol. The van der Waals surface area contributed by atoms with E-state index >= 15 is 0 Å². The van der Waals surface area contributed by atoms with Gasteiger partial charge < -0.3 is 14.4 Å². The standard InChI is InChI=1S/C25H25N3O5/c1-16(29)28-22-3-2-4-24(21(22)13-26-28)32-14-17-7-9-27(10-8-17)25(31)18-5-6-23-19(11-18)12-20(30)15-33-23/h2-6,11,13,17H,7-10,12,14-15H2,1H3. The van der Waals surface area contributed by atoms with Crippen LogP contribution in [-0.2, 0) is 11.2 Å². The van der Waals surface area contributed by atoms with E-state index in [4.69, 9.17) is 9.47 Å². The summed E-state index contributed by atoms with van der Waals surface area (Å²) in [7, 11) is 0. The summed E-state index contributed by atoms with van der Waals surface area (Å²) < 4.78 is 12.9. The second kappa shape index (κ2) is 8.69. The Morgan fingerprint density at radius 1 is 1.18 bits per heavy atom. The van der Waals surface area contributed by atoms with Crippen molar-refractivity contribution in [2.45, 2.75) is 26.2 Å². The van der Waals surface area contributed by atoms with E-state index in [1.54, 1.807) is 24.4 Å². The van der Waals surface area contributed by atoms with Gasteiger partial charge in [-0.2, -0.15) is 5.10 Å². The lowest BCUT2D eigenvalue weighted by molar-refractivity contribution is -0.121. The molecule has 8 heteroatoms. The molecule has 8 nitrogen and oxygen atoms in total. The Hall–Kier alpha value is -3.68. The molecule has 0 saturated carbocycles. The Balaban J connectivity index is 1.19. The third kappa shape index (κ3) is 4.20. The molecule has 1 saturated heterocycles. The van der Waals surface area contributed by atoms with E-state index in [1.807, 2.05) is 23.1 Å². The quantitative estimate of drug-likeness (QED) is 0.610. The number of ether oxygens (including phenoxy) is 2. The highest BCUT2D eigenvalue weighted by atomic mass is 16.5. The number of benzene rings is 2. The summed E-state index contributed by atoms with van der Waals surface area (Å²) in [5.41, 5.74) is 2.11. The van der Waals surface area contributed by atoms with Gasteiger partial charge in [-0.3, -0.25) is 14.4 Å². The number of likely N-dealkylation sites (tertiary alicyclic amines) is 1. The molecule has 0 N–H and O–H groups in total. The smallest absolute Gasteiger partial charge is 0.253 e. The number of aromatic nitrogens is 2. The number of hydrogen-bond donors (Lipinski definition) is 0. The summed E-state index contributed by atoms with van der Waals surface area (Å²) in [6.45, 7) is 3.44. The molecule has 0 radical (unpaired) electrons. The molecular formula is C25H25N3O5. The van der Waals surface area contributed by atoms with Gasteiger partial charge in [-0.25, -0.2) is 4.68 Å². The minimum absolute atomic E-state index is 0.0170. The molecule has 1 fully saturated rings. The molecule has 0 unspecified atom stereocenters. The lowest BCUT2D eigenvalue weighted by Crippen LogP contribution is -2.39. The summed E-state index contributed by atoms with van der Waals surface area (Å²) in [6, 6.07) is 10.9. The van der Waals surface area contributed by atoms with Gasteiger partial charge in [-0.05, 0) is 49.1 Å². The number of Topliss-reactive ketones (excluding diaryl/α,β-unsaturated/α-hetero) is 1. The van der Waals surface area contributed by atoms with Gasteiger partial charge in [0.1, 0.15) is 18.1 Å². The second-order valence-electron chi connectivity index (χ2n) is 8.64. The molecule has 1 aromatic heterocycles. The fourth-order valence-corrected chi connectivity index (χ4v) is 4.51. The van der Waals surface area contributed by atoms with E-state index in [-0.39, 0.29) is 24.2 Å². The van der Waals surface area contributed by atoms with E-state index in [1.165, 1.54) is 11.6 Å². The van der Waals surface area contributed by atoms with Crippen LogP contribution in [-0.4, -0.2) is 58.6 Å². The fourth-order valence-electron chi connectivity index (χ4n) is 4.51. The zero-order valence-corrected chi connectivity index (χ0v) is 18.5. The van der Waals surface area contributed by atoms with Gasteiger partial charge in [0.15, 0.2) is 5.78 Å². The number of piperidine rings is 1. The summed E-state index contributed by atoms with van der Waals surface area (Å²) in [6.07, 6.45) is 3.67. The van der Waals surface area contributed by atoms with Crippen molar-refractivity contribution in [2.24, 2.45) is 5.92 Å². The summed E-state index contributed by atoms with van der Waals surface area (Å²) in [5, 5.41) is 4.97. The average Bonchev–Trinajstić information content (AvgIpc) is 3.27. The van der Waals surface area contributed by atoms with E-state index in [2.05, 4.69) is 5.10 Å². The average molecular weight is 447 g/mol. The van der Waals surface area contributed by atoms with Crippen molar-refractivity contribution < 1.29 is 23.9 Å². The van der Waals surface area contributed by atoms with Gasteiger partial charge in [0.2, 0.25) is 5.91 Å². The van der Waals surface area contributed by atoms with Gasteiger partial charge in [0.05, 0.1) is 23.7 Å². The molecular weight excluding hydrogens is 422 g/mol. The topological polar surface area (TPSA) is 90.7 Å². The SMILES string of the molecule is CC(=O)n1ncc2c(OCC3CCN(C(=O)c4ccc5c(c4)CC(=O)CO5)CC3)cccc21. The van der Waals surface area contributed by atoms with Crippen molar-refractivity contribution in [1.82, 2.24) is 14.7 Å². The molecule has 1 amide bonds. The molecule has 5 rings (SSSR count). The van der Waals surface area contributed by atoms with Crippen LogP contribution in [0, 0.1) is 5.92 Å². The number of carbonyl (C=O) groups is 3. The molecule has 2 aliphatic heterocycles. The number of hydrogen-bond acceptors (Lipinski definition) is 6. The van der Waals surface area contributed by atoms with Crippen LogP contribution in [0.25, 0.3) is 10.9 Å². The lowest BCUT2D eigenvalue weighted by atomic mass is 9.96. The minimum Gasteiger partial charge on any atom is -0.493 e. The van der Waals surface area contributed by atoms with Crippen molar-refractivity contribution >= 4 is 28.5 Å². The van der Waals surface area contributed by atoms with Crippen LogP contribution in [0.15, 0.2) is 42.6 Å². The van der Waals surface area contributed by atoms with E-state index in [9.17, 15) is 14.4 Å². The molecule has 0 bridgehead atoms. The maximum Gasteiger partial charge on any atom is 0.253 e. The van der Waals surface area contributed by atoms with Gasteiger partial charge in [0, 0.05) is 37.6 Å². The van der Waals surface area contributed by atoms with Gasteiger partial charge in [-0.1, -0.05) is 6.07 Å². The molecule has 3 heterocycles. The normalized spacial score (nSPS) is 16.4. The first-order valence-electron chi connectivity index (χ1n) is 11.2. The molecule has 170 valence electrons. The van der Waals surface area contributed by atoms with E-state index in [0.29, 0.717) is 49.1 Å². The monoisotopic (exact) mass is 447 g/mol. The zero-order valence-electron chi connectivity index (χ0n) is 18.5. The third-order valence-electron chi connectivity index (χ3n) is 6.33. The Kier molecular flexibility index (Phi) is 5.58. The van der Waals surface area contributed by atoms with Gasteiger partial charge in [-0.15, -0.1) is 0 Å². The van der Waals surface area contributed by atoms with E-state index in [0.717, 1.165) is 29.3 Å². The molecule has 0 aliphatic carbocycles. The molecule has 33 heavy (non-hydrogen) atoms. The zero-order chi connectivity index (χ0) is 22.9. The first kappa shape index (κ1) is 21.2. The lowest BCUT2D eigenvalue weighted by Gasteiger charge is -2.32. The third-order valence-corrected chi connectivity index (χ3v) is 6.33. The van der Waals surface area contributed by atoms with E-state index < -0.39 is 0 Å². The van der Waals surface area contributed by atoms with Crippen molar-refractivity contribution in [2.75, 3.05) is 26.3 Å². The highest BCUT2D eigenvalue weighted by Gasteiger charge is 2.26. The van der Waals surface area contributed by atoms with Gasteiger partial charge >= 0.3 is 0 Å². The molecule has 3 aromatic rings. The Morgan fingerprint density at radius 3 is 2.79 bits per heavy atom. The Morgan fingerprint density at radius 2 is 2.00 bits per heavy atom. The fraction of sp³-hybridized carbons (Fsp3) is 0.360. The second-order valence-corrected chi connectivity index (χ2v) is 8.64. The number of carbonyl (C=O) groups excluding carboxylic acids is 3. The summed E-state index contributed by atoms with van der Waals surface area (Å²) in [4.78, 5) is 38.2. The largest absolute Gasteiger partial charge is 0.493 e. The van der Waals surface area contributed by atoms with Crippen LogP contribution in [0.3, 0.4) is 0 Å². The molecule has 0 atom stereocenters. The number of amides is 1. The maximum absolute atomic E-state index is 13.0. The highest BCUT2D eigenvalue weighted by molar-refractivity contribution is 5.95. The van der Waals surface area contributed by atoms with Crippen LogP contribution in [0.4, 0.5) is 0 Å². The number of rotatable bonds is 4. The Bertz CT molecular complexity index is 1240. The molecule has 2 aromatic carbocycles. The first-order chi connectivity index (χ1) is 16.0. The Labute approximate surface area is 191 Å². The minimum atomic E-state index is -0.141. The number of ketones is 1. The summed E-state index contributed by atoms with van der Waals surface area (Å²) in [5.74, 6) is 1.60. The molecule has 2 aliphatic rings. The van der Waals surface area contributed by atoms with Crippen LogP contribution < -0.4 is 9.47 Å². The van der Waals surface area contributed by atoms with Crippen LogP contribution in [0.1, 0.15) is 40.5 Å². The van der Waals surface area contributed by atoms with Crippen molar-refractivity contribution in [3.63, 3.8) is 0 Å². The summed E-state index contributed by atoms with van der Waals surface area (Å²) >= 11 is 0. The van der Waals surface area contributed by atoms with Crippen molar-refractivity contribution in [3.05, 3.63) is 53.7 Å². The number of nitrogens with zero attached hydrogens (tertiary/aromatic N) is 3. The van der Waals surface area contributed by atoms with Crippen LogP contribution in [0.2, 0.25) is 0 Å². The maximum atomic E-state index is 13.0. The van der Waals surface area contributed by atoms with Crippen LogP contribution >= 0.6 is 0 Å². The van der Waals surface area contributed by atoms with Gasteiger partial charge in [0.25, 0.3) is 5.91 Å². The van der Waals surface area contributed by atoms with Crippen LogP contribution in [0.5, 0.6) is 11.5 Å².